The minimum Gasteiger partial charge on any atom is -0.467 e. The van der Waals surface area contributed by atoms with Gasteiger partial charge in [0.25, 0.3) is 0 Å². The fourth-order valence-corrected chi connectivity index (χ4v) is 4.17. The molecule has 9 heteroatoms. The molecule has 1 amide bonds. The van der Waals surface area contributed by atoms with Gasteiger partial charge in [0.15, 0.2) is 5.16 Å². The number of carbonyl (C=O) groups excluding carboxylic acids is 1. The lowest BCUT2D eigenvalue weighted by Gasteiger charge is -2.28. The molecule has 3 heterocycles. The third-order valence-corrected chi connectivity index (χ3v) is 5.81. The lowest BCUT2D eigenvalue weighted by molar-refractivity contribution is -0.127. The van der Waals surface area contributed by atoms with Gasteiger partial charge in [-0.15, -0.1) is 10.2 Å². The number of furan rings is 1. The van der Waals surface area contributed by atoms with Crippen molar-refractivity contribution in [3.05, 3.63) is 54.0 Å². The smallest absolute Gasteiger partial charge is 0.233 e. The van der Waals surface area contributed by atoms with Gasteiger partial charge in [0.1, 0.15) is 5.76 Å². The normalized spacial score (nSPS) is 14.1. The molecule has 30 heavy (non-hydrogen) atoms. The van der Waals surface area contributed by atoms with Crippen LogP contribution in [0.1, 0.15) is 11.3 Å². The summed E-state index contributed by atoms with van der Waals surface area (Å²) in [6.07, 6.45) is 1.61. The highest BCUT2D eigenvalue weighted by Crippen LogP contribution is 2.28. The number of nitrogens with zero attached hydrogens (tertiary/aromatic N) is 5. The third kappa shape index (κ3) is 4.68. The van der Waals surface area contributed by atoms with Crippen molar-refractivity contribution in [3.63, 3.8) is 0 Å². The molecule has 0 N–H and O–H groups in total. The zero-order valence-electron chi connectivity index (χ0n) is 17.2. The van der Waals surface area contributed by atoms with E-state index in [0.717, 1.165) is 36.0 Å². The molecule has 8 nitrogen and oxygen atoms in total. The number of ether oxygens (including phenoxy) is 1. The summed E-state index contributed by atoms with van der Waals surface area (Å²) in [5.74, 6) is 1.81. The Bertz CT molecular complexity index is 982. The number of anilines is 1. The van der Waals surface area contributed by atoms with Crippen LogP contribution >= 0.6 is 11.8 Å². The van der Waals surface area contributed by atoms with E-state index in [-0.39, 0.29) is 11.7 Å². The van der Waals surface area contributed by atoms with E-state index < -0.39 is 0 Å². The zero-order valence-corrected chi connectivity index (χ0v) is 18.0. The molecule has 0 atom stereocenters. The van der Waals surface area contributed by atoms with E-state index in [1.54, 1.807) is 18.2 Å². The van der Waals surface area contributed by atoms with Gasteiger partial charge in [0.05, 0.1) is 37.5 Å². The molecule has 0 bridgehead atoms. The van der Waals surface area contributed by atoms with Crippen LogP contribution in [0.4, 0.5) is 5.95 Å². The van der Waals surface area contributed by atoms with Crippen LogP contribution in [0.15, 0.2) is 52.2 Å². The van der Waals surface area contributed by atoms with E-state index >= 15 is 0 Å². The van der Waals surface area contributed by atoms with Gasteiger partial charge in [0.2, 0.25) is 11.9 Å². The Morgan fingerprint density at radius 2 is 2.03 bits per heavy atom. The number of amides is 1. The quantitative estimate of drug-likeness (QED) is 0.537. The zero-order chi connectivity index (χ0) is 20.9. The molecule has 158 valence electrons. The Morgan fingerprint density at radius 3 is 2.77 bits per heavy atom. The van der Waals surface area contributed by atoms with Gasteiger partial charge in [-0.05, 0) is 36.8 Å². The Kier molecular flexibility index (Phi) is 6.39. The highest BCUT2D eigenvalue weighted by Gasteiger charge is 2.23. The van der Waals surface area contributed by atoms with Crippen molar-refractivity contribution in [3.8, 4) is 5.69 Å². The van der Waals surface area contributed by atoms with E-state index in [4.69, 9.17) is 9.15 Å². The second-order valence-electron chi connectivity index (χ2n) is 7.17. The van der Waals surface area contributed by atoms with E-state index in [1.165, 1.54) is 11.8 Å². The molecule has 0 saturated carbocycles. The van der Waals surface area contributed by atoms with E-state index in [1.807, 2.05) is 28.8 Å². The minimum atomic E-state index is 0.00288. The maximum absolute atomic E-state index is 12.6. The molecule has 4 rings (SSSR count). The first-order chi connectivity index (χ1) is 14.6. The summed E-state index contributed by atoms with van der Waals surface area (Å²) in [5, 5.41) is 9.56. The van der Waals surface area contributed by atoms with Crippen LogP contribution in [-0.4, -0.2) is 64.7 Å². The van der Waals surface area contributed by atoms with Gasteiger partial charge in [-0.2, -0.15) is 0 Å². The van der Waals surface area contributed by atoms with Crippen molar-refractivity contribution < 1.29 is 13.9 Å². The summed E-state index contributed by atoms with van der Waals surface area (Å²) in [4.78, 5) is 16.5. The first-order valence-corrected chi connectivity index (χ1v) is 10.8. The number of thioether (sulfide) groups is 1. The van der Waals surface area contributed by atoms with Gasteiger partial charge in [-0.3, -0.25) is 9.36 Å². The van der Waals surface area contributed by atoms with Gasteiger partial charge < -0.3 is 19.0 Å². The van der Waals surface area contributed by atoms with Gasteiger partial charge in [0, 0.05) is 20.1 Å². The number of aryl methyl sites for hydroxylation is 1. The molecule has 1 aliphatic heterocycles. The molecular formula is C21H25N5O3S. The van der Waals surface area contributed by atoms with Crippen LogP contribution in [0.25, 0.3) is 5.69 Å². The summed E-state index contributed by atoms with van der Waals surface area (Å²) >= 11 is 1.39. The van der Waals surface area contributed by atoms with Crippen LogP contribution in [0.2, 0.25) is 0 Å². The number of hydrogen-bond acceptors (Lipinski definition) is 7. The maximum Gasteiger partial charge on any atom is 0.233 e. The van der Waals surface area contributed by atoms with Crippen LogP contribution in [-0.2, 0) is 16.1 Å². The number of benzene rings is 1. The van der Waals surface area contributed by atoms with Crippen molar-refractivity contribution in [2.45, 2.75) is 18.6 Å². The molecule has 0 unspecified atom stereocenters. The maximum atomic E-state index is 12.6. The fraction of sp³-hybridized carbons (Fsp3) is 0.381. The third-order valence-electron chi connectivity index (χ3n) is 4.89. The summed E-state index contributed by atoms with van der Waals surface area (Å²) < 4.78 is 12.8. The van der Waals surface area contributed by atoms with Crippen molar-refractivity contribution in [2.75, 3.05) is 44.0 Å². The summed E-state index contributed by atoms with van der Waals surface area (Å²) in [6, 6.07) is 11.9. The predicted molar refractivity (Wildman–Crippen MR) is 115 cm³/mol. The Labute approximate surface area is 179 Å². The monoisotopic (exact) mass is 427 g/mol. The van der Waals surface area contributed by atoms with Crippen molar-refractivity contribution >= 4 is 23.6 Å². The second-order valence-corrected chi connectivity index (χ2v) is 8.12. The SMILES string of the molecule is Cc1cccc(-n2c(SCC(=O)N(C)Cc3ccco3)nnc2N2CCOCC2)c1. The van der Waals surface area contributed by atoms with Crippen LogP contribution in [0, 0.1) is 6.92 Å². The van der Waals surface area contributed by atoms with Gasteiger partial charge in [-0.25, -0.2) is 0 Å². The molecule has 3 aromatic rings. The number of morpholine rings is 1. The highest BCUT2D eigenvalue weighted by atomic mass is 32.2. The van der Waals surface area contributed by atoms with Crippen LogP contribution in [0.5, 0.6) is 0 Å². The second kappa shape index (κ2) is 9.36. The van der Waals surface area contributed by atoms with Crippen molar-refractivity contribution in [1.82, 2.24) is 19.7 Å². The number of aromatic nitrogens is 3. The summed E-state index contributed by atoms with van der Waals surface area (Å²) in [7, 11) is 1.77. The minimum absolute atomic E-state index is 0.00288. The average molecular weight is 428 g/mol. The fourth-order valence-electron chi connectivity index (χ4n) is 3.28. The molecule has 0 spiro atoms. The first kappa shape index (κ1) is 20.5. The molecule has 1 aromatic carbocycles. The van der Waals surface area contributed by atoms with Crippen molar-refractivity contribution in [1.29, 1.82) is 0 Å². The van der Waals surface area contributed by atoms with E-state index in [0.29, 0.717) is 24.9 Å². The lowest BCUT2D eigenvalue weighted by Crippen LogP contribution is -2.37. The van der Waals surface area contributed by atoms with E-state index in [9.17, 15) is 4.79 Å². The van der Waals surface area contributed by atoms with Gasteiger partial charge >= 0.3 is 0 Å². The topological polar surface area (TPSA) is 76.6 Å². The molecule has 0 radical (unpaired) electrons. The standard InChI is InChI=1S/C21H25N5O3S/c1-16-5-3-6-17(13-16)26-20(25-8-11-28-12-9-25)22-23-21(26)30-15-19(27)24(2)14-18-7-4-10-29-18/h3-7,10,13H,8-9,11-12,14-15H2,1-2H3. The molecular weight excluding hydrogens is 402 g/mol. The van der Waals surface area contributed by atoms with Crippen LogP contribution in [0.3, 0.4) is 0 Å². The first-order valence-electron chi connectivity index (χ1n) is 9.86. The molecule has 0 aliphatic carbocycles. The number of rotatable bonds is 7. The number of carbonyl (C=O) groups is 1. The molecule has 1 saturated heterocycles. The lowest BCUT2D eigenvalue weighted by atomic mass is 10.2. The Morgan fingerprint density at radius 1 is 1.20 bits per heavy atom. The predicted octanol–water partition coefficient (Wildman–Crippen LogP) is 2.76. The molecule has 2 aromatic heterocycles. The highest BCUT2D eigenvalue weighted by molar-refractivity contribution is 7.99. The summed E-state index contributed by atoms with van der Waals surface area (Å²) in [5.41, 5.74) is 2.14. The summed E-state index contributed by atoms with van der Waals surface area (Å²) in [6.45, 7) is 5.36. The average Bonchev–Trinajstić information content (AvgIpc) is 3.42. The molecule has 1 fully saturated rings. The van der Waals surface area contributed by atoms with Crippen molar-refractivity contribution in [2.24, 2.45) is 0 Å². The van der Waals surface area contributed by atoms with E-state index in [2.05, 4.69) is 34.2 Å². The number of hydrogen-bond donors (Lipinski definition) is 0. The molecule has 1 aliphatic rings. The largest absolute Gasteiger partial charge is 0.467 e. The van der Waals surface area contributed by atoms with Gasteiger partial charge in [-0.1, -0.05) is 23.9 Å². The Balaban J connectivity index is 1.53. The van der Waals surface area contributed by atoms with Crippen LogP contribution < -0.4 is 4.90 Å². The Hall–Kier alpha value is -2.78.